The number of ether oxygens (including phenoxy) is 1. The third-order valence-electron chi connectivity index (χ3n) is 5.98. The summed E-state index contributed by atoms with van der Waals surface area (Å²) < 4.78 is 65.7. The molecule has 196 valence electrons. The van der Waals surface area contributed by atoms with E-state index in [0.29, 0.717) is 6.07 Å². The minimum absolute atomic E-state index is 0.0929. The number of hydrogen-bond acceptors (Lipinski definition) is 7. The fourth-order valence-corrected chi connectivity index (χ4v) is 4.03. The first-order chi connectivity index (χ1) is 17.6. The Balaban J connectivity index is 1.56. The number of hydrazone groups is 1. The highest BCUT2D eigenvalue weighted by Crippen LogP contribution is 2.46. The first kappa shape index (κ1) is 26.3. The zero-order valence-electron chi connectivity index (χ0n) is 20.4. The number of hydrogen-bond donors (Lipinski definition) is 1. The number of alkyl halides is 2. The van der Waals surface area contributed by atoms with Crippen LogP contribution in [-0.4, -0.2) is 51.6 Å². The molecule has 0 radical (unpaired) electrons. The fraction of sp³-hybridized carbons (Fsp3) is 0.346. The number of nitrogens with zero attached hydrogens (tertiary/aromatic N) is 5. The molecule has 2 aromatic heterocycles. The quantitative estimate of drug-likeness (QED) is 0.402. The Morgan fingerprint density at radius 3 is 2.46 bits per heavy atom. The van der Waals surface area contributed by atoms with E-state index in [0.717, 1.165) is 48.5 Å². The van der Waals surface area contributed by atoms with Crippen molar-refractivity contribution in [1.29, 1.82) is 0 Å². The van der Waals surface area contributed by atoms with E-state index >= 15 is 8.78 Å². The van der Waals surface area contributed by atoms with Gasteiger partial charge in [0.2, 0.25) is 0 Å². The molecule has 11 heteroatoms. The molecule has 0 saturated heterocycles. The van der Waals surface area contributed by atoms with Gasteiger partial charge in [0.15, 0.2) is 5.60 Å². The molecule has 1 N–H and O–H groups in total. The zero-order valence-corrected chi connectivity index (χ0v) is 20.4. The molecule has 1 unspecified atom stereocenters. The van der Waals surface area contributed by atoms with E-state index in [4.69, 9.17) is 4.74 Å². The Bertz CT molecular complexity index is 1240. The molecule has 0 amide bonds. The minimum atomic E-state index is -4.07. The zero-order chi connectivity index (χ0) is 26.6. The molecule has 0 aliphatic carbocycles. The van der Waals surface area contributed by atoms with Crippen LogP contribution in [0.1, 0.15) is 35.9 Å². The molecule has 1 aliphatic rings. The van der Waals surface area contributed by atoms with Gasteiger partial charge in [-0.1, -0.05) is 19.4 Å². The van der Waals surface area contributed by atoms with Gasteiger partial charge in [0.05, 0.1) is 12.7 Å². The topological polar surface area (TPSA) is 74.1 Å². The lowest BCUT2D eigenvalue weighted by atomic mass is 9.84. The summed E-state index contributed by atoms with van der Waals surface area (Å²) in [4.78, 5) is 9.47. The van der Waals surface area contributed by atoms with E-state index in [1.54, 1.807) is 13.2 Å². The van der Waals surface area contributed by atoms with E-state index in [9.17, 15) is 13.9 Å². The first-order valence-corrected chi connectivity index (χ1v) is 11.7. The summed E-state index contributed by atoms with van der Waals surface area (Å²) in [5, 5.41) is 16.8. The maximum absolute atomic E-state index is 15.9. The molecule has 0 bridgehead atoms. The van der Waals surface area contributed by atoms with Gasteiger partial charge in [-0.05, 0) is 36.8 Å². The SMILES string of the molecule is CCCc1ccc(COc2ccc(C(F)(F)C(O)(CN3C=NN(C)C3)c3ccc(F)cc3F)nc2)cn1. The van der Waals surface area contributed by atoms with Gasteiger partial charge >= 0.3 is 5.92 Å². The molecule has 7 nitrogen and oxygen atoms in total. The third kappa shape index (κ3) is 5.66. The van der Waals surface area contributed by atoms with Gasteiger partial charge in [0, 0.05) is 36.1 Å². The van der Waals surface area contributed by atoms with Crippen LogP contribution in [0.5, 0.6) is 5.75 Å². The molecular weight excluding hydrogens is 490 g/mol. The molecule has 0 fully saturated rings. The van der Waals surface area contributed by atoms with E-state index in [-0.39, 0.29) is 19.0 Å². The van der Waals surface area contributed by atoms with Crippen molar-refractivity contribution in [2.75, 3.05) is 20.3 Å². The van der Waals surface area contributed by atoms with Crippen molar-refractivity contribution in [3.8, 4) is 5.75 Å². The van der Waals surface area contributed by atoms with Crippen molar-refractivity contribution < 1.29 is 27.4 Å². The minimum Gasteiger partial charge on any atom is -0.487 e. The van der Waals surface area contributed by atoms with Crippen LogP contribution in [0.25, 0.3) is 0 Å². The molecule has 0 spiro atoms. The number of β-amino-alcohol motifs (C(OH)–C–C–N with tert-alkyl or cyclic N) is 1. The maximum atomic E-state index is 15.9. The first-order valence-electron chi connectivity index (χ1n) is 11.7. The van der Waals surface area contributed by atoms with Crippen LogP contribution in [0.3, 0.4) is 0 Å². The maximum Gasteiger partial charge on any atom is 0.323 e. The number of aryl methyl sites for hydroxylation is 1. The highest BCUT2D eigenvalue weighted by atomic mass is 19.3. The molecule has 4 rings (SSSR count). The van der Waals surface area contributed by atoms with Crippen molar-refractivity contribution in [3.63, 3.8) is 0 Å². The Kier molecular flexibility index (Phi) is 7.63. The molecule has 1 atom stereocenters. The van der Waals surface area contributed by atoms with Crippen LogP contribution in [-0.2, 0) is 24.6 Å². The summed E-state index contributed by atoms with van der Waals surface area (Å²) in [5.41, 5.74) is -2.89. The summed E-state index contributed by atoms with van der Waals surface area (Å²) in [6.07, 6.45) is 5.91. The lowest BCUT2D eigenvalue weighted by Crippen LogP contribution is -2.52. The number of halogens is 4. The molecular formula is C26H27F4N5O2. The van der Waals surface area contributed by atoms with E-state index < -0.39 is 41.0 Å². The smallest absolute Gasteiger partial charge is 0.323 e. The number of aromatic nitrogens is 2. The van der Waals surface area contributed by atoms with E-state index in [1.807, 2.05) is 12.1 Å². The molecule has 3 heterocycles. The highest BCUT2D eigenvalue weighted by Gasteiger charge is 2.58. The van der Waals surface area contributed by atoms with Crippen molar-refractivity contribution in [1.82, 2.24) is 19.9 Å². The van der Waals surface area contributed by atoms with Crippen molar-refractivity contribution >= 4 is 6.34 Å². The van der Waals surface area contributed by atoms with Gasteiger partial charge in [-0.2, -0.15) is 13.9 Å². The monoisotopic (exact) mass is 517 g/mol. The molecule has 3 aromatic rings. The highest BCUT2D eigenvalue weighted by molar-refractivity contribution is 5.56. The Morgan fingerprint density at radius 2 is 1.86 bits per heavy atom. The van der Waals surface area contributed by atoms with Gasteiger partial charge in [-0.25, -0.2) is 8.78 Å². The summed E-state index contributed by atoms with van der Waals surface area (Å²) in [5.74, 6) is -6.10. The van der Waals surface area contributed by atoms with Crippen LogP contribution < -0.4 is 4.74 Å². The Hall–Kier alpha value is -3.73. The van der Waals surface area contributed by atoms with Crippen LogP contribution in [0, 0.1) is 11.6 Å². The summed E-state index contributed by atoms with van der Waals surface area (Å²) in [6.45, 7) is 1.59. The van der Waals surface area contributed by atoms with Crippen molar-refractivity contribution in [2.24, 2.45) is 5.10 Å². The Morgan fingerprint density at radius 1 is 1.05 bits per heavy atom. The van der Waals surface area contributed by atoms with E-state index in [1.165, 1.54) is 22.3 Å². The second-order valence-electron chi connectivity index (χ2n) is 8.91. The number of aliphatic hydroxyl groups is 1. The summed E-state index contributed by atoms with van der Waals surface area (Å²) >= 11 is 0. The van der Waals surface area contributed by atoms with Crippen LogP contribution in [0.2, 0.25) is 0 Å². The second kappa shape index (κ2) is 10.7. The predicted octanol–water partition coefficient (Wildman–Crippen LogP) is 4.41. The molecule has 37 heavy (non-hydrogen) atoms. The predicted molar refractivity (Wildman–Crippen MR) is 129 cm³/mol. The normalized spacial score (nSPS) is 15.2. The lowest BCUT2D eigenvalue weighted by Gasteiger charge is -2.38. The van der Waals surface area contributed by atoms with Gasteiger partial charge < -0.3 is 14.7 Å². The third-order valence-corrected chi connectivity index (χ3v) is 5.98. The van der Waals surface area contributed by atoms with Crippen molar-refractivity contribution in [3.05, 3.63) is 89.0 Å². The standard InChI is InChI=1S/C26H27F4N5O2/c1-3-4-20-7-5-18(12-31-20)14-37-21-8-10-24(32-13-21)26(29,30)25(36,15-35-16-33-34(2)17-35)22-9-6-19(27)11-23(22)28/h5-13,16,36H,3-4,14-15,17H2,1-2H3. The fourth-order valence-electron chi connectivity index (χ4n) is 4.03. The Labute approximate surface area is 212 Å². The second-order valence-corrected chi connectivity index (χ2v) is 8.91. The number of pyridine rings is 2. The van der Waals surface area contributed by atoms with Crippen LogP contribution >= 0.6 is 0 Å². The van der Waals surface area contributed by atoms with Crippen molar-refractivity contribution in [2.45, 2.75) is 37.9 Å². The lowest BCUT2D eigenvalue weighted by molar-refractivity contribution is -0.204. The molecule has 1 aromatic carbocycles. The summed E-state index contributed by atoms with van der Waals surface area (Å²) in [7, 11) is 1.61. The van der Waals surface area contributed by atoms with Crippen LogP contribution in [0.4, 0.5) is 17.6 Å². The van der Waals surface area contributed by atoms with E-state index in [2.05, 4.69) is 22.0 Å². The average molecular weight is 518 g/mol. The largest absolute Gasteiger partial charge is 0.487 e. The van der Waals surface area contributed by atoms with Gasteiger partial charge in [0.25, 0.3) is 0 Å². The summed E-state index contributed by atoms with van der Waals surface area (Å²) in [6, 6.07) is 8.17. The van der Waals surface area contributed by atoms with Gasteiger partial charge in [-0.15, -0.1) is 0 Å². The average Bonchev–Trinajstić information content (AvgIpc) is 3.28. The number of benzene rings is 1. The molecule has 0 saturated carbocycles. The van der Waals surface area contributed by atoms with Gasteiger partial charge in [-0.3, -0.25) is 15.0 Å². The van der Waals surface area contributed by atoms with Crippen LogP contribution in [0.15, 0.2) is 60.0 Å². The van der Waals surface area contributed by atoms with Gasteiger partial charge in [0.1, 0.15) is 42.7 Å². The number of rotatable bonds is 10. The molecule has 1 aliphatic heterocycles.